The Labute approximate surface area is 164 Å². The van der Waals surface area contributed by atoms with Crippen LogP contribution in [0, 0.1) is 6.92 Å². The van der Waals surface area contributed by atoms with Gasteiger partial charge in [-0.1, -0.05) is 30.3 Å². The lowest BCUT2D eigenvalue weighted by molar-refractivity contribution is -0.132. The molecule has 4 rings (SSSR count). The minimum absolute atomic E-state index is 0.130. The molecule has 142 valence electrons. The molecule has 1 unspecified atom stereocenters. The highest BCUT2D eigenvalue weighted by Crippen LogP contribution is 2.29. The molecule has 0 bridgehead atoms. The molecule has 4 amide bonds. The van der Waals surface area contributed by atoms with Gasteiger partial charge in [-0.3, -0.25) is 15.0 Å². The van der Waals surface area contributed by atoms with Gasteiger partial charge in [-0.15, -0.1) is 11.3 Å². The summed E-state index contributed by atoms with van der Waals surface area (Å²) in [7, 11) is 0. The molecular weight excluding hydrogens is 380 g/mol. The molecule has 0 spiro atoms. The fourth-order valence-electron chi connectivity index (χ4n) is 2.97. The Bertz CT molecular complexity index is 1060. The molecule has 1 aliphatic heterocycles. The fourth-order valence-corrected chi connectivity index (χ4v) is 3.85. The third-order valence-corrected chi connectivity index (χ3v) is 5.48. The number of aryl methyl sites for hydroxylation is 1. The van der Waals surface area contributed by atoms with Crippen LogP contribution >= 0.6 is 11.3 Å². The second-order valence-corrected chi connectivity index (χ2v) is 7.61. The number of furan rings is 1. The van der Waals surface area contributed by atoms with Gasteiger partial charge < -0.3 is 9.73 Å². The van der Waals surface area contributed by atoms with Crippen molar-refractivity contribution < 1.29 is 18.8 Å². The summed E-state index contributed by atoms with van der Waals surface area (Å²) in [6.07, 6.45) is 1.52. The highest BCUT2D eigenvalue weighted by Gasteiger charge is 2.50. The van der Waals surface area contributed by atoms with E-state index in [1.54, 1.807) is 50.2 Å². The molecule has 1 saturated heterocycles. The second kappa shape index (κ2) is 6.61. The number of thiazole rings is 1. The van der Waals surface area contributed by atoms with E-state index in [-0.39, 0.29) is 5.69 Å². The Morgan fingerprint density at radius 1 is 1.21 bits per heavy atom. The van der Waals surface area contributed by atoms with E-state index in [0.29, 0.717) is 26.2 Å². The second-order valence-electron chi connectivity index (χ2n) is 6.40. The zero-order valence-electron chi connectivity index (χ0n) is 15.1. The molecule has 1 aliphatic rings. The summed E-state index contributed by atoms with van der Waals surface area (Å²) < 4.78 is 5.30. The number of hydrogen-bond acceptors (Lipinski definition) is 6. The molecular formula is C19H16N4O4S. The highest BCUT2D eigenvalue weighted by molar-refractivity contribution is 7.15. The Hall–Kier alpha value is -3.46. The van der Waals surface area contributed by atoms with Gasteiger partial charge in [0, 0.05) is 4.88 Å². The molecule has 3 aromatic rings. The van der Waals surface area contributed by atoms with E-state index in [0.717, 1.165) is 0 Å². The smallest absolute Gasteiger partial charge is 0.344 e. The average Bonchev–Trinajstić information content (AvgIpc) is 3.39. The van der Waals surface area contributed by atoms with Crippen LogP contribution in [0.15, 0.2) is 53.1 Å². The number of hydrazine groups is 1. The zero-order chi connectivity index (χ0) is 19.9. The zero-order valence-corrected chi connectivity index (χ0v) is 15.9. The number of urea groups is 1. The molecule has 2 N–H and O–H groups in total. The van der Waals surface area contributed by atoms with Crippen LogP contribution in [0.2, 0.25) is 0 Å². The summed E-state index contributed by atoms with van der Waals surface area (Å²) in [5.41, 5.74) is 1.85. The summed E-state index contributed by atoms with van der Waals surface area (Å²) in [6.45, 7) is 3.33. The first-order chi connectivity index (χ1) is 13.4. The van der Waals surface area contributed by atoms with Crippen molar-refractivity contribution in [2.24, 2.45) is 0 Å². The number of hydrogen-bond donors (Lipinski definition) is 2. The van der Waals surface area contributed by atoms with Crippen LogP contribution in [-0.2, 0) is 10.3 Å². The number of rotatable bonds is 4. The number of benzene rings is 1. The van der Waals surface area contributed by atoms with Crippen LogP contribution in [-0.4, -0.2) is 27.8 Å². The third-order valence-electron chi connectivity index (χ3n) is 4.50. The summed E-state index contributed by atoms with van der Waals surface area (Å²) >= 11 is 1.29. The fraction of sp³-hybridized carbons (Fsp3) is 0.158. The lowest BCUT2D eigenvalue weighted by Crippen LogP contribution is -2.48. The van der Waals surface area contributed by atoms with Crippen molar-refractivity contribution in [3.05, 3.63) is 64.9 Å². The van der Waals surface area contributed by atoms with Gasteiger partial charge in [-0.2, -0.15) is 5.01 Å². The van der Waals surface area contributed by atoms with Crippen molar-refractivity contribution in [1.29, 1.82) is 0 Å². The molecule has 0 saturated carbocycles. The number of aromatic nitrogens is 1. The van der Waals surface area contributed by atoms with Crippen molar-refractivity contribution in [2.45, 2.75) is 19.4 Å². The van der Waals surface area contributed by atoms with Crippen LogP contribution in [0.1, 0.15) is 27.9 Å². The van der Waals surface area contributed by atoms with Crippen molar-refractivity contribution in [1.82, 2.24) is 20.7 Å². The van der Waals surface area contributed by atoms with Crippen molar-refractivity contribution in [2.75, 3.05) is 0 Å². The molecule has 0 radical (unpaired) electrons. The molecule has 28 heavy (non-hydrogen) atoms. The van der Waals surface area contributed by atoms with Gasteiger partial charge in [0.15, 0.2) is 10.8 Å². The van der Waals surface area contributed by atoms with E-state index in [4.69, 9.17) is 4.42 Å². The highest BCUT2D eigenvalue weighted by atomic mass is 32.1. The quantitative estimate of drug-likeness (QED) is 0.660. The maximum Gasteiger partial charge on any atom is 0.344 e. The summed E-state index contributed by atoms with van der Waals surface area (Å²) in [6, 6.07) is 11.6. The molecule has 3 heterocycles. The van der Waals surface area contributed by atoms with Crippen molar-refractivity contribution >= 4 is 29.2 Å². The predicted octanol–water partition coefficient (Wildman–Crippen LogP) is 2.82. The molecule has 8 nitrogen and oxygen atoms in total. The minimum atomic E-state index is -1.26. The SMILES string of the molecule is Cc1sc(-c2ccco2)nc1C(=O)NN1C(=O)NC(C)(c2ccccc2)C1=O. The van der Waals surface area contributed by atoms with Gasteiger partial charge in [0.05, 0.1) is 6.26 Å². The number of carbonyl (C=O) groups is 3. The topological polar surface area (TPSA) is 105 Å². The van der Waals surface area contributed by atoms with Crippen LogP contribution in [0.3, 0.4) is 0 Å². The van der Waals surface area contributed by atoms with Gasteiger partial charge in [-0.25, -0.2) is 9.78 Å². The number of imide groups is 1. The standard InChI is InChI=1S/C19H16N4O4S/c1-11-14(20-16(28-11)13-9-6-10-27-13)15(24)22-23-17(25)19(2,21-18(23)26)12-7-4-3-5-8-12/h3-10H,1-2H3,(H,21,26)(H,22,24). The Kier molecular flexibility index (Phi) is 4.23. The van der Waals surface area contributed by atoms with E-state index in [1.165, 1.54) is 17.6 Å². The first-order valence-electron chi connectivity index (χ1n) is 8.44. The van der Waals surface area contributed by atoms with Gasteiger partial charge in [-0.05, 0) is 31.5 Å². The molecule has 1 atom stereocenters. The van der Waals surface area contributed by atoms with Crippen LogP contribution in [0.5, 0.6) is 0 Å². The molecule has 2 aromatic heterocycles. The van der Waals surface area contributed by atoms with E-state index in [1.807, 2.05) is 6.07 Å². The van der Waals surface area contributed by atoms with Gasteiger partial charge in [0.2, 0.25) is 0 Å². The van der Waals surface area contributed by atoms with E-state index < -0.39 is 23.4 Å². The summed E-state index contributed by atoms with van der Waals surface area (Å²) in [4.78, 5) is 42.8. The van der Waals surface area contributed by atoms with Crippen LogP contribution in [0.4, 0.5) is 4.79 Å². The number of nitrogens with zero attached hydrogens (tertiary/aromatic N) is 2. The summed E-state index contributed by atoms with van der Waals surface area (Å²) in [5, 5.41) is 3.87. The van der Waals surface area contributed by atoms with E-state index in [2.05, 4.69) is 15.7 Å². The molecule has 1 fully saturated rings. The minimum Gasteiger partial charge on any atom is -0.462 e. The van der Waals surface area contributed by atoms with Crippen LogP contribution in [0.25, 0.3) is 10.8 Å². The predicted molar refractivity (Wildman–Crippen MR) is 101 cm³/mol. The largest absolute Gasteiger partial charge is 0.462 e. The van der Waals surface area contributed by atoms with Gasteiger partial charge in [0.1, 0.15) is 11.2 Å². The lowest BCUT2D eigenvalue weighted by Gasteiger charge is -2.21. The maximum atomic E-state index is 12.9. The molecule has 0 aliphatic carbocycles. The average molecular weight is 396 g/mol. The number of amides is 4. The number of nitrogens with one attached hydrogen (secondary N) is 2. The first-order valence-corrected chi connectivity index (χ1v) is 9.26. The third kappa shape index (κ3) is 2.85. The summed E-state index contributed by atoms with van der Waals surface area (Å²) in [5.74, 6) is -0.678. The van der Waals surface area contributed by atoms with Crippen LogP contribution < -0.4 is 10.7 Å². The number of carbonyl (C=O) groups excluding carboxylic acids is 3. The van der Waals surface area contributed by atoms with Crippen molar-refractivity contribution in [3.63, 3.8) is 0 Å². The Morgan fingerprint density at radius 3 is 2.64 bits per heavy atom. The van der Waals surface area contributed by atoms with Gasteiger partial charge in [0.25, 0.3) is 11.8 Å². The Balaban J connectivity index is 1.57. The van der Waals surface area contributed by atoms with Crippen molar-refractivity contribution in [3.8, 4) is 10.8 Å². The molecule has 1 aromatic carbocycles. The van der Waals surface area contributed by atoms with E-state index >= 15 is 0 Å². The Morgan fingerprint density at radius 2 is 1.96 bits per heavy atom. The maximum absolute atomic E-state index is 12.9. The van der Waals surface area contributed by atoms with E-state index in [9.17, 15) is 14.4 Å². The molecule has 9 heteroatoms. The van der Waals surface area contributed by atoms with Gasteiger partial charge >= 0.3 is 6.03 Å². The lowest BCUT2D eigenvalue weighted by atomic mass is 9.92. The first kappa shape index (κ1) is 17.9. The normalized spacial score (nSPS) is 19.0. The monoisotopic (exact) mass is 396 g/mol.